The van der Waals surface area contributed by atoms with E-state index in [0.717, 1.165) is 56.8 Å². The van der Waals surface area contributed by atoms with E-state index in [1.807, 2.05) is 12.2 Å². The van der Waals surface area contributed by atoms with Gasteiger partial charge in [0.25, 0.3) is 5.82 Å². The van der Waals surface area contributed by atoms with Crippen LogP contribution in [0.5, 0.6) is 0 Å². The van der Waals surface area contributed by atoms with Gasteiger partial charge in [0.15, 0.2) is 11.0 Å². The second-order valence-corrected chi connectivity index (χ2v) is 14.3. The second-order valence-electron chi connectivity index (χ2n) is 13.8. The average Bonchev–Trinajstić information content (AvgIpc) is 3.75. The lowest BCUT2D eigenvalue weighted by atomic mass is 10.1. The molecule has 1 aromatic heterocycles. The van der Waals surface area contributed by atoms with E-state index < -0.39 is 0 Å². The lowest BCUT2D eigenvalue weighted by Crippen LogP contribution is -2.33. The smallest absolute Gasteiger partial charge is 0.292 e. The van der Waals surface area contributed by atoms with Gasteiger partial charge in [-0.15, -0.1) is 0 Å². The number of nitrogens with zero attached hydrogens (tertiary/aromatic N) is 4. The molecule has 0 fully saturated rings. The number of imidazole rings is 1. The molecule has 0 radical (unpaired) electrons. The summed E-state index contributed by atoms with van der Waals surface area (Å²) in [5, 5.41) is 5.34. The topological polar surface area (TPSA) is 15.3 Å². The molecule has 1 aliphatic rings. The highest BCUT2D eigenvalue weighted by atomic mass is 35.5. The maximum atomic E-state index is 7.25. The van der Waals surface area contributed by atoms with Gasteiger partial charge < -0.3 is 0 Å². The van der Waals surface area contributed by atoms with Crippen molar-refractivity contribution in [1.82, 2.24) is 4.57 Å². The molecule has 0 N–H and O–H groups in total. The van der Waals surface area contributed by atoms with E-state index in [-0.39, 0.29) is 0 Å². The molecule has 4 nitrogen and oxygen atoms in total. The summed E-state index contributed by atoms with van der Waals surface area (Å²) in [5.74, 6) is 1.95. The third-order valence-electron chi connectivity index (χ3n) is 10.4. The number of hydrogen-bond acceptors (Lipinski definition) is 2. The van der Waals surface area contributed by atoms with Crippen LogP contribution in [0, 0.1) is 0 Å². The van der Waals surface area contributed by atoms with E-state index in [2.05, 4.69) is 225 Å². The lowest BCUT2D eigenvalue weighted by molar-refractivity contribution is -0.570. The molecule has 0 saturated heterocycles. The fraction of sp³-hybridized carbons (Fsp3) is 0. The Kier molecular flexibility index (Phi) is 8.51. The fourth-order valence-electron chi connectivity index (χ4n) is 7.90. The molecule has 0 unspecified atom stereocenters. The van der Waals surface area contributed by atoms with Crippen molar-refractivity contribution in [3.05, 3.63) is 229 Å². The number of para-hydroxylation sites is 4. The highest BCUT2D eigenvalue weighted by Crippen LogP contribution is 2.51. The average molecular weight is 740 g/mol. The van der Waals surface area contributed by atoms with Crippen molar-refractivity contribution in [3.8, 4) is 11.4 Å². The standard InChI is InChI=1S/C51H36ClN4/c52-41(29-31-50-53(42-21-5-1-6-22-42)46-33-37-17-13-14-18-38(37)34-47(46)54(50)43-23-7-2-8-24-43)30-32-51-55(44-25-9-3-10-26-44)48-35-39-19-15-16-20-40(39)36-49(48)56(51)45-27-11-4-12-28-45/h1-36H/q+1. The molecule has 9 aromatic rings. The first-order valence-electron chi connectivity index (χ1n) is 18.8. The highest BCUT2D eigenvalue weighted by molar-refractivity contribution is 6.31. The van der Waals surface area contributed by atoms with Gasteiger partial charge in [-0.05, 0) is 113 Å². The van der Waals surface area contributed by atoms with Crippen molar-refractivity contribution >= 4 is 73.0 Å². The largest absolute Gasteiger partial charge is 0.294 e. The molecule has 0 atom stereocenters. The molecule has 2 heterocycles. The SMILES string of the molecule is ClC(C=Cc1n(-c2ccccc2)c2cc3ccccc3cc2[n+]1-c1ccccc1)=CC=C1N(c2ccccc2)c2cc3ccccc3cc2N1c1ccccc1. The number of benzene rings is 8. The van der Waals surface area contributed by atoms with Gasteiger partial charge in [-0.1, -0.05) is 133 Å². The monoisotopic (exact) mass is 739 g/mol. The Morgan fingerprint density at radius 3 is 1.46 bits per heavy atom. The van der Waals surface area contributed by atoms with Crippen molar-refractivity contribution < 1.29 is 4.57 Å². The summed E-state index contributed by atoms with van der Waals surface area (Å²) >= 11 is 7.25. The van der Waals surface area contributed by atoms with E-state index in [0.29, 0.717) is 5.03 Å². The summed E-state index contributed by atoms with van der Waals surface area (Å²) in [4.78, 5) is 4.64. The number of allylic oxidation sites excluding steroid dienone is 4. The Labute approximate surface area is 331 Å². The van der Waals surface area contributed by atoms with Gasteiger partial charge in [-0.25, -0.2) is 0 Å². The first-order chi connectivity index (χ1) is 27.7. The zero-order valence-corrected chi connectivity index (χ0v) is 31.2. The van der Waals surface area contributed by atoms with Crippen molar-refractivity contribution in [2.75, 3.05) is 9.80 Å². The molecular formula is C51H36ClN4+. The third kappa shape index (κ3) is 5.94. The third-order valence-corrected chi connectivity index (χ3v) is 10.7. The van der Waals surface area contributed by atoms with E-state index in [9.17, 15) is 0 Å². The van der Waals surface area contributed by atoms with Gasteiger partial charge in [0.05, 0.1) is 11.4 Å². The minimum absolute atomic E-state index is 0.592. The Morgan fingerprint density at radius 1 is 0.482 bits per heavy atom. The lowest BCUT2D eigenvalue weighted by Gasteiger charge is -2.25. The molecule has 0 saturated carbocycles. The molecule has 0 spiro atoms. The summed E-state index contributed by atoms with van der Waals surface area (Å²) in [6.45, 7) is 0. The summed E-state index contributed by atoms with van der Waals surface area (Å²) in [5.41, 5.74) is 8.69. The van der Waals surface area contributed by atoms with Crippen LogP contribution in [0.15, 0.2) is 223 Å². The van der Waals surface area contributed by atoms with Crippen LogP contribution in [0.1, 0.15) is 5.82 Å². The Morgan fingerprint density at radius 2 is 0.929 bits per heavy atom. The molecule has 5 heteroatoms. The van der Waals surface area contributed by atoms with Gasteiger partial charge >= 0.3 is 0 Å². The maximum Gasteiger partial charge on any atom is 0.292 e. The van der Waals surface area contributed by atoms with Crippen molar-refractivity contribution in [3.63, 3.8) is 0 Å². The number of aromatic nitrogens is 2. The molecule has 0 amide bonds. The van der Waals surface area contributed by atoms with Crippen LogP contribution in [0.3, 0.4) is 0 Å². The van der Waals surface area contributed by atoms with E-state index >= 15 is 0 Å². The molecular weight excluding hydrogens is 704 g/mol. The van der Waals surface area contributed by atoms with Crippen LogP contribution in [0.25, 0.3) is 50.0 Å². The Balaban J connectivity index is 1.15. The van der Waals surface area contributed by atoms with E-state index in [4.69, 9.17) is 11.6 Å². The number of halogens is 1. The molecule has 0 aliphatic carbocycles. The second kappa shape index (κ2) is 14.3. The molecule has 8 aromatic carbocycles. The molecule has 0 bridgehead atoms. The summed E-state index contributed by atoms with van der Waals surface area (Å²) < 4.78 is 4.64. The predicted octanol–water partition coefficient (Wildman–Crippen LogP) is 13.2. The van der Waals surface area contributed by atoms with E-state index in [1.54, 1.807) is 0 Å². The molecule has 266 valence electrons. The van der Waals surface area contributed by atoms with Gasteiger partial charge in [0, 0.05) is 22.5 Å². The van der Waals surface area contributed by atoms with Gasteiger partial charge in [-0.2, -0.15) is 9.13 Å². The minimum Gasteiger partial charge on any atom is -0.294 e. The quantitative estimate of drug-likeness (QED) is 0.119. The summed E-state index contributed by atoms with van der Waals surface area (Å²) in [7, 11) is 0. The van der Waals surface area contributed by atoms with Crippen molar-refractivity contribution in [2.24, 2.45) is 0 Å². The van der Waals surface area contributed by atoms with Crippen molar-refractivity contribution in [2.45, 2.75) is 0 Å². The molecule has 10 rings (SSSR count). The molecule has 1 aliphatic heterocycles. The van der Waals surface area contributed by atoms with Crippen LogP contribution in [0.2, 0.25) is 0 Å². The Hall–Kier alpha value is -7.14. The normalized spacial score (nSPS) is 13.0. The Bertz CT molecular complexity index is 2780. The number of hydrogen-bond donors (Lipinski definition) is 0. The predicted molar refractivity (Wildman–Crippen MR) is 234 cm³/mol. The van der Waals surface area contributed by atoms with Crippen molar-refractivity contribution in [1.29, 1.82) is 0 Å². The minimum atomic E-state index is 0.592. The maximum absolute atomic E-state index is 7.25. The number of anilines is 4. The van der Waals surface area contributed by atoms with Crippen LogP contribution >= 0.6 is 11.6 Å². The molecule has 56 heavy (non-hydrogen) atoms. The first-order valence-corrected chi connectivity index (χ1v) is 19.2. The van der Waals surface area contributed by atoms with Crippen LogP contribution in [-0.4, -0.2) is 4.57 Å². The van der Waals surface area contributed by atoms with Gasteiger partial charge in [0.1, 0.15) is 17.2 Å². The highest BCUT2D eigenvalue weighted by Gasteiger charge is 2.34. The van der Waals surface area contributed by atoms with E-state index in [1.165, 1.54) is 21.5 Å². The number of fused-ring (bicyclic) bond motifs is 4. The van der Waals surface area contributed by atoms with Gasteiger partial charge in [-0.3, -0.25) is 9.80 Å². The first kappa shape index (κ1) is 33.4. The zero-order chi connectivity index (χ0) is 37.4. The zero-order valence-electron chi connectivity index (χ0n) is 30.5. The van der Waals surface area contributed by atoms with Crippen LogP contribution in [0.4, 0.5) is 22.7 Å². The fourth-order valence-corrected chi connectivity index (χ4v) is 8.02. The van der Waals surface area contributed by atoms with Crippen LogP contribution in [-0.2, 0) is 0 Å². The summed E-state index contributed by atoms with van der Waals surface area (Å²) in [6, 6.07) is 68.3. The summed E-state index contributed by atoms with van der Waals surface area (Å²) in [6.07, 6.45) is 8.26. The number of rotatable bonds is 7. The van der Waals surface area contributed by atoms with Gasteiger partial charge in [0.2, 0.25) is 0 Å². The van der Waals surface area contributed by atoms with Crippen LogP contribution < -0.4 is 14.4 Å².